The SMILES string of the molecule is Cc1ccc(S(C)(=O)=O)cc1C(=O)NCC1CC(O)C1. The molecular weight excluding hydrogens is 278 g/mol. The normalized spacial score (nSPS) is 22.1. The van der Waals surface area contributed by atoms with E-state index in [9.17, 15) is 18.3 Å². The monoisotopic (exact) mass is 297 g/mol. The Kier molecular flexibility index (Phi) is 4.15. The highest BCUT2D eigenvalue weighted by Crippen LogP contribution is 2.26. The van der Waals surface area contributed by atoms with E-state index < -0.39 is 9.84 Å². The van der Waals surface area contributed by atoms with Gasteiger partial charge < -0.3 is 10.4 Å². The summed E-state index contributed by atoms with van der Waals surface area (Å²) in [5, 5.41) is 12.0. The fourth-order valence-corrected chi connectivity index (χ4v) is 2.92. The summed E-state index contributed by atoms with van der Waals surface area (Å²) in [7, 11) is -3.32. The van der Waals surface area contributed by atoms with Crippen LogP contribution in [0.15, 0.2) is 23.1 Å². The average molecular weight is 297 g/mol. The van der Waals surface area contributed by atoms with Crippen molar-refractivity contribution in [1.82, 2.24) is 5.32 Å². The first-order valence-corrected chi connectivity index (χ1v) is 8.43. The second-order valence-corrected chi connectivity index (χ2v) is 7.47. The predicted molar refractivity (Wildman–Crippen MR) is 75.4 cm³/mol. The third kappa shape index (κ3) is 3.37. The van der Waals surface area contributed by atoms with Crippen LogP contribution < -0.4 is 5.32 Å². The molecule has 0 atom stereocenters. The molecular formula is C14H19NO4S. The van der Waals surface area contributed by atoms with E-state index in [4.69, 9.17) is 0 Å². The number of nitrogens with one attached hydrogen (secondary N) is 1. The van der Waals surface area contributed by atoms with Crippen molar-refractivity contribution < 1.29 is 18.3 Å². The molecule has 0 saturated heterocycles. The van der Waals surface area contributed by atoms with Crippen molar-refractivity contribution in [3.05, 3.63) is 29.3 Å². The lowest BCUT2D eigenvalue weighted by molar-refractivity contribution is 0.0420. The van der Waals surface area contributed by atoms with Crippen LogP contribution in [-0.2, 0) is 9.84 Å². The number of aryl methyl sites for hydroxylation is 1. The molecule has 1 aromatic carbocycles. The molecule has 0 radical (unpaired) electrons. The Hall–Kier alpha value is -1.40. The molecule has 0 aromatic heterocycles. The molecule has 2 rings (SSSR count). The van der Waals surface area contributed by atoms with E-state index in [1.54, 1.807) is 13.0 Å². The van der Waals surface area contributed by atoms with Gasteiger partial charge in [-0.05, 0) is 43.4 Å². The van der Waals surface area contributed by atoms with Gasteiger partial charge >= 0.3 is 0 Å². The minimum atomic E-state index is -3.32. The van der Waals surface area contributed by atoms with Crippen LogP contribution in [-0.4, -0.2) is 38.3 Å². The van der Waals surface area contributed by atoms with Crippen LogP contribution in [0, 0.1) is 12.8 Å². The van der Waals surface area contributed by atoms with Gasteiger partial charge in [-0.25, -0.2) is 8.42 Å². The van der Waals surface area contributed by atoms with Gasteiger partial charge in [0.2, 0.25) is 0 Å². The number of benzene rings is 1. The highest BCUT2D eigenvalue weighted by atomic mass is 32.2. The highest BCUT2D eigenvalue weighted by molar-refractivity contribution is 7.90. The van der Waals surface area contributed by atoms with Crippen molar-refractivity contribution in [3.8, 4) is 0 Å². The van der Waals surface area contributed by atoms with E-state index in [0.717, 1.165) is 11.8 Å². The first-order chi connectivity index (χ1) is 9.27. The first-order valence-electron chi connectivity index (χ1n) is 6.54. The van der Waals surface area contributed by atoms with Crippen LogP contribution in [0.1, 0.15) is 28.8 Å². The topological polar surface area (TPSA) is 83.5 Å². The summed E-state index contributed by atoms with van der Waals surface area (Å²) in [6.45, 7) is 2.28. The molecule has 1 amide bonds. The first kappa shape index (κ1) is 15.0. The minimum Gasteiger partial charge on any atom is -0.393 e. The molecule has 0 spiro atoms. The van der Waals surface area contributed by atoms with Crippen molar-refractivity contribution in [2.75, 3.05) is 12.8 Å². The average Bonchev–Trinajstić information content (AvgIpc) is 2.32. The zero-order chi connectivity index (χ0) is 14.9. The van der Waals surface area contributed by atoms with Gasteiger partial charge in [-0.15, -0.1) is 0 Å². The van der Waals surface area contributed by atoms with Gasteiger partial charge in [0.15, 0.2) is 9.84 Å². The summed E-state index contributed by atoms with van der Waals surface area (Å²) < 4.78 is 23.0. The molecule has 1 saturated carbocycles. The molecule has 1 aliphatic carbocycles. The fraction of sp³-hybridized carbons (Fsp3) is 0.500. The number of aliphatic hydroxyl groups is 1. The summed E-state index contributed by atoms with van der Waals surface area (Å²) in [4.78, 5) is 12.2. The molecule has 1 aliphatic rings. The zero-order valence-corrected chi connectivity index (χ0v) is 12.4. The second-order valence-electron chi connectivity index (χ2n) is 5.45. The van der Waals surface area contributed by atoms with Crippen molar-refractivity contribution in [2.45, 2.75) is 30.8 Å². The molecule has 110 valence electrons. The summed E-state index contributed by atoms with van der Waals surface area (Å²) in [6.07, 6.45) is 2.30. The van der Waals surface area contributed by atoms with Gasteiger partial charge in [0.05, 0.1) is 11.0 Å². The Balaban J connectivity index is 2.09. The van der Waals surface area contributed by atoms with Gasteiger partial charge in [-0.2, -0.15) is 0 Å². The van der Waals surface area contributed by atoms with E-state index in [1.165, 1.54) is 12.1 Å². The number of amides is 1. The van der Waals surface area contributed by atoms with Gasteiger partial charge in [0.25, 0.3) is 5.91 Å². The van der Waals surface area contributed by atoms with E-state index in [2.05, 4.69) is 5.32 Å². The highest BCUT2D eigenvalue weighted by Gasteiger charge is 2.27. The van der Waals surface area contributed by atoms with Crippen molar-refractivity contribution in [3.63, 3.8) is 0 Å². The van der Waals surface area contributed by atoms with E-state index >= 15 is 0 Å². The number of hydrogen-bond donors (Lipinski definition) is 2. The zero-order valence-electron chi connectivity index (χ0n) is 11.6. The van der Waals surface area contributed by atoms with Crippen LogP contribution in [0.2, 0.25) is 0 Å². The minimum absolute atomic E-state index is 0.146. The third-order valence-corrected chi connectivity index (χ3v) is 4.75. The van der Waals surface area contributed by atoms with Crippen molar-refractivity contribution in [1.29, 1.82) is 0 Å². The Labute approximate surface area is 118 Å². The lowest BCUT2D eigenvalue weighted by Crippen LogP contribution is -2.38. The molecule has 0 heterocycles. The standard InChI is InChI=1S/C14H19NO4S/c1-9-3-4-12(20(2,18)19)7-13(9)14(17)15-8-10-5-11(16)6-10/h3-4,7,10-11,16H,5-6,8H2,1-2H3,(H,15,17). The predicted octanol–water partition coefficient (Wildman–Crippen LogP) is 0.899. The van der Waals surface area contributed by atoms with E-state index in [1.807, 2.05) is 0 Å². The number of aliphatic hydroxyl groups excluding tert-OH is 1. The number of hydrogen-bond acceptors (Lipinski definition) is 4. The Morgan fingerprint density at radius 1 is 1.40 bits per heavy atom. The van der Waals surface area contributed by atoms with E-state index in [0.29, 0.717) is 30.9 Å². The number of sulfone groups is 1. The Morgan fingerprint density at radius 2 is 2.05 bits per heavy atom. The smallest absolute Gasteiger partial charge is 0.251 e. The summed E-state index contributed by atoms with van der Waals surface area (Å²) in [5.41, 5.74) is 1.12. The van der Waals surface area contributed by atoms with Gasteiger partial charge in [-0.3, -0.25) is 4.79 Å². The van der Waals surface area contributed by atoms with Crippen molar-refractivity contribution >= 4 is 15.7 Å². The maximum absolute atomic E-state index is 12.1. The van der Waals surface area contributed by atoms with Crippen LogP contribution >= 0.6 is 0 Å². The Morgan fingerprint density at radius 3 is 2.60 bits per heavy atom. The molecule has 0 bridgehead atoms. The van der Waals surface area contributed by atoms with Crippen molar-refractivity contribution in [2.24, 2.45) is 5.92 Å². The molecule has 1 fully saturated rings. The summed E-state index contributed by atoms with van der Waals surface area (Å²) in [5.74, 6) is 0.0433. The molecule has 20 heavy (non-hydrogen) atoms. The second kappa shape index (κ2) is 5.54. The molecule has 0 aliphatic heterocycles. The van der Waals surface area contributed by atoms with Crippen LogP contribution in [0.4, 0.5) is 0 Å². The maximum Gasteiger partial charge on any atom is 0.251 e. The van der Waals surface area contributed by atoms with E-state index in [-0.39, 0.29) is 16.9 Å². The van der Waals surface area contributed by atoms with Gasteiger partial charge in [0, 0.05) is 18.4 Å². The molecule has 5 nitrogen and oxygen atoms in total. The molecule has 0 unspecified atom stereocenters. The van der Waals surface area contributed by atoms with Crippen LogP contribution in [0.5, 0.6) is 0 Å². The Bertz CT molecular complexity index is 618. The molecule has 2 N–H and O–H groups in total. The van der Waals surface area contributed by atoms with Crippen LogP contribution in [0.25, 0.3) is 0 Å². The number of carbonyl (C=O) groups excluding carboxylic acids is 1. The fourth-order valence-electron chi connectivity index (χ4n) is 2.28. The van der Waals surface area contributed by atoms with Gasteiger partial charge in [0.1, 0.15) is 0 Å². The number of carbonyl (C=O) groups is 1. The van der Waals surface area contributed by atoms with Gasteiger partial charge in [-0.1, -0.05) is 6.07 Å². The summed E-state index contributed by atoms with van der Waals surface area (Å²) >= 11 is 0. The lowest BCUT2D eigenvalue weighted by atomic mass is 9.82. The largest absolute Gasteiger partial charge is 0.393 e. The number of rotatable bonds is 4. The molecule has 1 aromatic rings. The quantitative estimate of drug-likeness (QED) is 0.865. The lowest BCUT2D eigenvalue weighted by Gasteiger charge is -2.31. The maximum atomic E-state index is 12.1. The van der Waals surface area contributed by atoms with Crippen LogP contribution in [0.3, 0.4) is 0 Å². The third-order valence-electron chi connectivity index (χ3n) is 3.64. The molecule has 6 heteroatoms. The summed E-state index contributed by atoms with van der Waals surface area (Å²) in [6, 6.07) is 4.55.